The first-order valence-corrected chi connectivity index (χ1v) is 9.44. The number of benzene rings is 2. The summed E-state index contributed by atoms with van der Waals surface area (Å²) in [6, 6.07) is 13.0. The summed E-state index contributed by atoms with van der Waals surface area (Å²) in [6.45, 7) is 2.98. The van der Waals surface area contributed by atoms with Crippen LogP contribution in [0, 0.1) is 6.92 Å². The average molecular weight is 430 g/mol. The Morgan fingerprint density at radius 3 is 2.89 bits per heavy atom. The van der Waals surface area contributed by atoms with Gasteiger partial charge in [0, 0.05) is 17.4 Å². The van der Waals surface area contributed by atoms with Gasteiger partial charge in [0.05, 0.1) is 23.8 Å². The van der Waals surface area contributed by atoms with Gasteiger partial charge >= 0.3 is 0 Å². The monoisotopic (exact) mass is 429 g/mol. The van der Waals surface area contributed by atoms with Crippen molar-refractivity contribution in [3.05, 3.63) is 69.2 Å². The van der Waals surface area contributed by atoms with Gasteiger partial charge in [0.2, 0.25) is 5.91 Å². The minimum absolute atomic E-state index is 0.130. The van der Waals surface area contributed by atoms with Gasteiger partial charge in [-0.1, -0.05) is 34.1 Å². The van der Waals surface area contributed by atoms with Crippen LogP contribution in [-0.2, 0) is 11.3 Å². The minimum atomic E-state index is -0.135. The van der Waals surface area contributed by atoms with Gasteiger partial charge in [0.25, 0.3) is 5.56 Å². The number of rotatable bonds is 7. The van der Waals surface area contributed by atoms with Crippen LogP contribution in [0.3, 0.4) is 0 Å². The topological polar surface area (TPSA) is 73.2 Å². The molecule has 0 aliphatic carbocycles. The summed E-state index contributed by atoms with van der Waals surface area (Å²) in [5.74, 6) is 0.604. The Hall–Kier alpha value is -2.67. The van der Waals surface area contributed by atoms with Crippen LogP contribution < -0.4 is 15.6 Å². The highest BCUT2D eigenvalue weighted by molar-refractivity contribution is 9.10. The molecule has 0 unspecified atom stereocenters. The number of carbonyl (C=O) groups excluding carboxylic acids is 1. The summed E-state index contributed by atoms with van der Waals surface area (Å²) < 4.78 is 7.98. The fraction of sp³-hybridized carbons (Fsp3) is 0.250. The SMILES string of the molecule is Cc1cccc2c(=O)n(CCC(=O)NCCOc3cccc(Br)c3)cnc12. The van der Waals surface area contributed by atoms with E-state index in [-0.39, 0.29) is 24.4 Å². The maximum atomic E-state index is 12.5. The minimum Gasteiger partial charge on any atom is -0.492 e. The van der Waals surface area contributed by atoms with E-state index in [0.717, 1.165) is 15.8 Å². The predicted octanol–water partition coefficient (Wildman–Crippen LogP) is 3.05. The zero-order chi connectivity index (χ0) is 19.2. The number of nitrogens with one attached hydrogen (secondary N) is 1. The summed E-state index contributed by atoms with van der Waals surface area (Å²) in [5, 5.41) is 3.36. The second-order valence-corrected chi connectivity index (χ2v) is 7.04. The lowest BCUT2D eigenvalue weighted by Crippen LogP contribution is -2.30. The van der Waals surface area contributed by atoms with Crippen LogP contribution in [0.5, 0.6) is 5.75 Å². The summed E-state index contributed by atoms with van der Waals surface area (Å²) in [4.78, 5) is 28.8. The second-order valence-electron chi connectivity index (χ2n) is 6.12. The molecule has 0 bridgehead atoms. The molecule has 1 amide bonds. The normalized spacial score (nSPS) is 10.7. The zero-order valence-electron chi connectivity index (χ0n) is 14.9. The van der Waals surface area contributed by atoms with Crippen LogP contribution >= 0.6 is 15.9 Å². The molecule has 0 radical (unpaired) electrons. The van der Waals surface area contributed by atoms with E-state index < -0.39 is 0 Å². The standard InChI is InChI=1S/C20H20BrN3O3/c1-14-4-2-7-17-19(14)23-13-24(20(17)26)10-8-18(25)22-9-11-27-16-6-3-5-15(21)12-16/h2-7,12-13H,8-11H2,1H3,(H,22,25). The Kier molecular flexibility index (Phi) is 6.24. The van der Waals surface area contributed by atoms with Gasteiger partial charge in [-0.3, -0.25) is 14.2 Å². The number of halogens is 1. The van der Waals surface area contributed by atoms with Crippen LogP contribution in [0.4, 0.5) is 0 Å². The molecule has 0 fully saturated rings. The van der Waals surface area contributed by atoms with Gasteiger partial charge in [-0.15, -0.1) is 0 Å². The molecule has 0 saturated heterocycles. The van der Waals surface area contributed by atoms with Crippen molar-refractivity contribution in [1.29, 1.82) is 0 Å². The highest BCUT2D eigenvalue weighted by atomic mass is 79.9. The van der Waals surface area contributed by atoms with Gasteiger partial charge in [-0.25, -0.2) is 4.98 Å². The van der Waals surface area contributed by atoms with Crippen molar-refractivity contribution in [2.24, 2.45) is 0 Å². The number of hydrogen-bond acceptors (Lipinski definition) is 4. The van der Waals surface area contributed by atoms with Crippen LogP contribution in [0.25, 0.3) is 10.9 Å². The van der Waals surface area contributed by atoms with Gasteiger partial charge < -0.3 is 10.1 Å². The van der Waals surface area contributed by atoms with E-state index in [2.05, 4.69) is 26.2 Å². The van der Waals surface area contributed by atoms with E-state index in [1.54, 1.807) is 6.07 Å². The summed E-state index contributed by atoms with van der Waals surface area (Å²) in [5.41, 5.74) is 1.53. The van der Waals surface area contributed by atoms with Gasteiger partial charge in [0.1, 0.15) is 12.4 Å². The Labute approximate surface area is 165 Å². The average Bonchev–Trinajstić information content (AvgIpc) is 2.65. The van der Waals surface area contributed by atoms with E-state index in [9.17, 15) is 9.59 Å². The lowest BCUT2D eigenvalue weighted by molar-refractivity contribution is -0.121. The van der Waals surface area contributed by atoms with Crippen LogP contribution in [0.1, 0.15) is 12.0 Å². The van der Waals surface area contributed by atoms with Crippen molar-refractivity contribution in [3.8, 4) is 5.75 Å². The first kappa shape index (κ1) is 19.1. The molecule has 2 aromatic carbocycles. The molecule has 0 aliphatic rings. The van der Waals surface area contributed by atoms with Crippen LogP contribution in [-0.4, -0.2) is 28.6 Å². The van der Waals surface area contributed by atoms with E-state index in [1.807, 2.05) is 43.3 Å². The van der Waals surface area contributed by atoms with E-state index in [1.165, 1.54) is 10.9 Å². The molecule has 27 heavy (non-hydrogen) atoms. The van der Waals surface area contributed by atoms with E-state index in [4.69, 9.17) is 4.74 Å². The molecular weight excluding hydrogens is 410 g/mol. The first-order valence-electron chi connectivity index (χ1n) is 8.64. The Morgan fingerprint density at radius 1 is 1.26 bits per heavy atom. The molecule has 140 valence electrons. The fourth-order valence-corrected chi connectivity index (χ4v) is 3.10. The van der Waals surface area contributed by atoms with Crippen molar-refractivity contribution in [2.75, 3.05) is 13.2 Å². The summed E-state index contributed by atoms with van der Waals surface area (Å²) in [7, 11) is 0. The summed E-state index contributed by atoms with van der Waals surface area (Å²) in [6.07, 6.45) is 1.71. The van der Waals surface area contributed by atoms with Gasteiger partial charge in [0.15, 0.2) is 0 Å². The molecule has 3 rings (SSSR count). The van der Waals surface area contributed by atoms with Gasteiger partial charge in [-0.2, -0.15) is 0 Å². The number of fused-ring (bicyclic) bond motifs is 1. The number of hydrogen-bond donors (Lipinski definition) is 1. The van der Waals surface area contributed by atoms with Crippen LogP contribution in [0.15, 0.2) is 58.1 Å². The molecule has 0 spiro atoms. The van der Waals surface area contributed by atoms with Crippen molar-refractivity contribution < 1.29 is 9.53 Å². The van der Waals surface area contributed by atoms with Crippen molar-refractivity contribution >= 4 is 32.7 Å². The van der Waals surface area contributed by atoms with Crippen molar-refractivity contribution in [3.63, 3.8) is 0 Å². The molecule has 1 heterocycles. The molecule has 6 nitrogen and oxygen atoms in total. The quantitative estimate of drug-likeness (QED) is 0.585. The first-order chi connectivity index (χ1) is 13.0. The third kappa shape index (κ3) is 4.95. The van der Waals surface area contributed by atoms with E-state index >= 15 is 0 Å². The van der Waals surface area contributed by atoms with E-state index in [0.29, 0.717) is 24.1 Å². The number of ether oxygens (including phenoxy) is 1. The molecule has 0 atom stereocenters. The van der Waals surface area contributed by atoms with Crippen molar-refractivity contribution in [1.82, 2.24) is 14.9 Å². The van der Waals surface area contributed by atoms with Crippen molar-refractivity contribution in [2.45, 2.75) is 19.9 Å². The van der Waals surface area contributed by atoms with Gasteiger partial charge in [-0.05, 0) is 36.8 Å². The Bertz CT molecular complexity index is 1020. The number of aromatic nitrogens is 2. The number of amides is 1. The maximum Gasteiger partial charge on any atom is 0.261 e. The molecule has 0 saturated carbocycles. The number of nitrogens with zero attached hydrogens (tertiary/aromatic N) is 2. The molecule has 1 aromatic heterocycles. The molecular formula is C20H20BrN3O3. The third-order valence-electron chi connectivity index (χ3n) is 4.12. The number of aryl methyl sites for hydroxylation is 2. The zero-order valence-corrected chi connectivity index (χ0v) is 16.5. The second kappa shape index (κ2) is 8.81. The lowest BCUT2D eigenvalue weighted by Gasteiger charge is -2.09. The molecule has 1 N–H and O–H groups in total. The third-order valence-corrected chi connectivity index (χ3v) is 4.62. The highest BCUT2D eigenvalue weighted by Crippen LogP contribution is 2.17. The molecule has 3 aromatic rings. The molecule has 7 heteroatoms. The fourth-order valence-electron chi connectivity index (χ4n) is 2.72. The Morgan fingerprint density at radius 2 is 2.07 bits per heavy atom. The summed E-state index contributed by atoms with van der Waals surface area (Å²) >= 11 is 3.38. The predicted molar refractivity (Wildman–Crippen MR) is 108 cm³/mol. The van der Waals surface area contributed by atoms with Crippen LogP contribution in [0.2, 0.25) is 0 Å². The Balaban J connectivity index is 1.48. The maximum absolute atomic E-state index is 12.5. The number of carbonyl (C=O) groups is 1. The lowest BCUT2D eigenvalue weighted by atomic mass is 10.1. The largest absolute Gasteiger partial charge is 0.492 e. The molecule has 0 aliphatic heterocycles. The number of para-hydroxylation sites is 1. The smallest absolute Gasteiger partial charge is 0.261 e. The highest BCUT2D eigenvalue weighted by Gasteiger charge is 2.07.